The Bertz CT molecular complexity index is 1580. The van der Waals surface area contributed by atoms with Crippen molar-refractivity contribution < 1.29 is 28.6 Å². The molecule has 0 unspecified atom stereocenters. The highest BCUT2D eigenvalue weighted by atomic mass is 16.5. The number of imidazole rings is 1. The average Bonchev–Trinajstić information content (AvgIpc) is 3.59. The Morgan fingerprint density at radius 2 is 1.82 bits per heavy atom. The number of rotatable bonds is 10. The maximum atomic E-state index is 13.0. The number of hydrogen-bond donors (Lipinski definition) is 3. The summed E-state index contributed by atoms with van der Waals surface area (Å²) in [5.41, 5.74) is 7.34. The number of primary amides is 1. The number of aromatic hydroxyl groups is 1. The first kappa shape index (κ1) is 24.4. The molecule has 3 aromatic carbocycles. The van der Waals surface area contributed by atoms with E-state index in [2.05, 4.69) is 10.3 Å². The van der Waals surface area contributed by atoms with Gasteiger partial charge in [-0.2, -0.15) is 0 Å². The summed E-state index contributed by atoms with van der Waals surface area (Å²) in [4.78, 5) is 28.3. The molecule has 2 aromatic heterocycles. The van der Waals surface area contributed by atoms with Crippen molar-refractivity contribution in [1.29, 1.82) is 0 Å². The summed E-state index contributed by atoms with van der Waals surface area (Å²) in [5, 5.41) is 13.4. The Hall–Kier alpha value is -5.25. The molecule has 0 radical (unpaired) electrons. The van der Waals surface area contributed by atoms with Gasteiger partial charge in [-0.25, -0.2) is 4.98 Å². The minimum Gasteiger partial charge on any atom is -0.507 e. The van der Waals surface area contributed by atoms with E-state index >= 15 is 0 Å². The lowest BCUT2D eigenvalue weighted by atomic mass is 10.1. The number of nitrogens with two attached hydrogens (primary N) is 1. The lowest BCUT2D eigenvalue weighted by molar-refractivity contribution is 0.0917. The molecule has 0 aliphatic carbocycles. The number of hydrogen-bond acceptors (Lipinski definition) is 7. The number of aromatic nitrogens is 2. The fourth-order valence-electron chi connectivity index (χ4n) is 3.93. The molecule has 2 amide bonds. The number of nitrogens with one attached hydrogen (secondary N) is 1. The van der Waals surface area contributed by atoms with Crippen molar-refractivity contribution in [3.63, 3.8) is 0 Å². The van der Waals surface area contributed by atoms with Gasteiger partial charge in [0.15, 0.2) is 5.76 Å². The predicted octanol–water partition coefficient (Wildman–Crippen LogP) is 3.81. The minimum atomic E-state index is -0.738. The quantitative estimate of drug-likeness (QED) is 0.242. The van der Waals surface area contributed by atoms with Gasteiger partial charge in [0.2, 0.25) is 0 Å². The average molecular weight is 513 g/mol. The molecule has 0 spiro atoms. The van der Waals surface area contributed by atoms with Gasteiger partial charge in [0.25, 0.3) is 11.8 Å². The summed E-state index contributed by atoms with van der Waals surface area (Å²) >= 11 is 0. The molecule has 10 nitrogen and oxygen atoms in total. The third-order valence-corrected chi connectivity index (χ3v) is 5.82. The second-order valence-corrected chi connectivity index (χ2v) is 8.31. The summed E-state index contributed by atoms with van der Waals surface area (Å²) < 4.78 is 19.3. The molecule has 4 N–H and O–H groups in total. The van der Waals surface area contributed by atoms with Crippen LogP contribution in [0.25, 0.3) is 16.7 Å². The van der Waals surface area contributed by atoms with E-state index in [1.165, 1.54) is 18.2 Å². The number of amides is 2. The Labute approximate surface area is 217 Å². The molecule has 10 heteroatoms. The van der Waals surface area contributed by atoms with Crippen molar-refractivity contribution in [2.75, 3.05) is 13.2 Å². The van der Waals surface area contributed by atoms with Crippen molar-refractivity contribution in [1.82, 2.24) is 14.9 Å². The van der Waals surface area contributed by atoms with Crippen molar-refractivity contribution in [3.8, 4) is 22.9 Å². The third kappa shape index (κ3) is 5.29. The van der Waals surface area contributed by atoms with Crippen LogP contribution in [0.1, 0.15) is 26.5 Å². The normalized spacial score (nSPS) is 10.8. The van der Waals surface area contributed by atoms with Crippen molar-refractivity contribution in [3.05, 3.63) is 102 Å². The number of ether oxygens (including phenoxy) is 2. The Morgan fingerprint density at radius 1 is 1.03 bits per heavy atom. The zero-order chi connectivity index (χ0) is 26.5. The van der Waals surface area contributed by atoms with E-state index in [1.807, 2.05) is 53.2 Å². The standard InChI is InChI=1S/C28H24N4O6/c29-27(34)22-10-9-20(15-24(22)33)36-14-12-31-28(35)26-23(21-3-1-2-4-25(21)38-26)16-37-19-7-5-18(6-8-19)32-13-11-30-17-32/h1-11,13,15,17,33H,12,14,16H2,(H2,29,34)(H,31,35). The third-order valence-electron chi connectivity index (χ3n) is 5.82. The second kappa shape index (κ2) is 10.8. The molecule has 0 atom stereocenters. The van der Waals surface area contributed by atoms with Crippen LogP contribution in [-0.4, -0.2) is 39.6 Å². The molecule has 0 aliphatic heterocycles. The van der Waals surface area contributed by atoms with Crippen molar-refractivity contribution in [2.45, 2.75) is 6.61 Å². The molecule has 0 aliphatic rings. The van der Waals surface area contributed by atoms with E-state index in [1.54, 1.807) is 18.6 Å². The van der Waals surface area contributed by atoms with Crippen molar-refractivity contribution >= 4 is 22.8 Å². The van der Waals surface area contributed by atoms with Gasteiger partial charge in [0.1, 0.15) is 36.0 Å². The maximum absolute atomic E-state index is 13.0. The highest BCUT2D eigenvalue weighted by molar-refractivity contribution is 5.99. The van der Waals surface area contributed by atoms with Gasteiger partial charge in [0, 0.05) is 35.1 Å². The molecule has 0 fully saturated rings. The minimum absolute atomic E-state index is 0.000528. The number of fused-ring (bicyclic) bond motifs is 1. The van der Waals surface area contributed by atoms with Gasteiger partial charge >= 0.3 is 0 Å². The van der Waals surface area contributed by atoms with Crippen LogP contribution < -0.4 is 20.5 Å². The fraction of sp³-hybridized carbons (Fsp3) is 0.107. The van der Waals surface area contributed by atoms with Gasteiger partial charge < -0.3 is 34.6 Å². The van der Waals surface area contributed by atoms with Crippen LogP contribution in [-0.2, 0) is 6.61 Å². The Balaban J connectivity index is 1.23. The SMILES string of the molecule is NC(=O)c1ccc(OCCNC(=O)c2oc3ccccc3c2COc2ccc(-n3ccnc3)cc2)cc1O. The zero-order valence-corrected chi connectivity index (χ0v) is 20.2. The molecule has 192 valence electrons. The first-order valence-corrected chi connectivity index (χ1v) is 11.7. The molecule has 0 bridgehead atoms. The van der Waals surface area contributed by atoms with Gasteiger partial charge in [-0.15, -0.1) is 0 Å². The van der Waals surface area contributed by atoms with Gasteiger partial charge in [-0.3, -0.25) is 9.59 Å². The Kier molecular flexibility index (Phi) is 6.94. The van der Waals surface area contributed by atoms with Gasteiger partial charge in [-0.1, -0.05) is 18.2 Å². The van der Waals surface area contributed by atoms with E-state index in [4.69, 9.17) is 19.6 Å². The highest BCUT2D eigenvalue weighted by Crippen LogP contribution is 2.28. The smallest absolute Gasteiger partial charge is 0.287 e. The maximum Gasteiger partial charge on any atom is 0.287 e. The highest BCUT2D eigenvalue weighted by Gasteiger charge is 2.21. The first-order chi connectivity index (χ1) is 18.5. The predicted molar refractivity (Wildman–Crippen MR) is 139 cm³/mol. The molecular formula is C28H24N4O6. The molecule has 0 saturated carbocycles. The number of phenols is 1. The van der Waals surface area contributed by atoms with E-state index in [9.17, 15) is 14.7 Å². The van der Waals surface area contributed by atoms with Gasteiger partial charge in [-0.05, 0) is 42.5 Å². The van der Waals surface area contributed by atoms with Gasteiger partial charge in [0.05, 0.1) is 18.4 Å². The molecular weight excluding hydrogens is 488 g/mol. The van der Waals surface area contributed by atoms with E-state index in [0.717, 1.165) is 11.1 Å². The van der Waals surface area contributed by atoms with Crippen LogP contribution in [0.2, 0.25) is 0 Å². The van der Waals surface area contributed by atoms with Crippen LogP contribution in [0, 0.1) is 0 Å². The number of furan rings is 1. The molecule has 0 saturated heterocycles. The van der Waals surface area contributed by atoms with Crippen molar-refractivity contribution in [2.24, 2.45) is 5.73 Å². The summed E-state index contributed by atoms with van der Waals surface area (Å²) in [6, 6.07) is 19.1. The largest absolute Gasteiger partial charge is 0.507 e. The fourth-order valence-corrected chi connectivity index (χ4v) is 3.93. The number of para-hydroxylation sites is 1. The number of carbonyl (C=O) groups is 2. The van der Waals surface area contributed by atoms with Crippen LogP contribution in [0.15, 0.2) is 89.9 Å². The second-order valence-electron chi connectivity index (χ2n) is 8.31. The van der Waals surface area contributed by atoms with Crippen LogP contribution in [0.4, 0.5) is 0 Å². The van der Waals surface area contributed by atoms with E-state index in [0.29, 0.717) is 22.6 Å². The summed E-state index contributed by atoms with van der Waals surface area (Å²) in [6.45, 7) is 0.423. The monoisotopic (exact) mass is 512 g/mol. The molecule has 5 aromatic rings. The topological polar surface area (TPSA) is 142 Å². The van der Waals surface area contributed by atoms with E-state index < -0.39 is 11.8 Å². The van der Waals surface area contributed by atoms with Crippen LogP contribution >= 0.6 is 0 Å². The molecule has 2 heterocycles. The number of carbonyl (C=O) groups excluding carboxylic acids is 2. The van der Waals surface area contributed by atoms with Crippen LogP contribution in [0.5, 0.6) is 17.2 Å². The number of nitrogens with zero attached hydrogens (tertiary/aromatic N) is 2. The molecule has 38 heavy (non-hydrogen) atoms. The summed E-state index contributed by atoms with van der Waals surface area (Å²) in [7, 11) is 0. The van der Waals surface area contributed by atoms with Crippen LogP contribution in [0.3, 0.4) is 0 Å². The first-order valence-electron chi connectivity index (χ1n) is 11.7. The van der Waals surface area contributed by atoms with E-state index in [-0.39, 0.29) is 36.8 Å². The molecule has 5 rings (SSSR count). The zero-order valence-electron chi connectivity index (χ0n) is 20.2. The number of benzene rings is 3. The summed E-state index contributed by atoms with van der Waals surface area (Å²) in [6.07, 6.45) is 5.28. The Morgan fingerprint density at radius 3 is 2.55 bits per heavy atom. The lowest BCUT2D eigenvalue weighted by Gasteiger charge is -2.10. The lowest BCUT2D eigenvalue weighted by Crippen LogP contribution is -2.28. The summed E-state index contributed by atoms with van der Waals surface area (Å²) in [5.74, 6) is -0.292.